The van der Waals surface area contributed by atoms with Crippen LogP contribution in [0.3, 0.4) is 0 Å². The summed E-state index contributed by atoms with van der Waals surface area (Å²) in [7, 11) is 0. The number of hydrogen-bond donors (Lipinski definition) is 3. The zero-order chi connectivity index (χ0) is 12.9. The second-order valence-corrected chi connectivity index (χ2v) is 5.75. The predicted molar refractivity (Wildman–Crippen MR) is 71.2 cm³/mol. The predicted octanol–water partition coefficient (Wildman–Crippen LogP) is 1.58. The summed E-state index contributed by atoms with van der Waals surface area (Å²) in [5, 5.41) is 16.6. The van der Waals surface area contributed by atoms with Gasteiger partial charge in [0.05, 0.1) is 12.4 Å². The molecule has 0 heterocycles. The minimum Gasteiger partial charge on any atom is -0.395 e. The summed E-state index contributed by atoms with van der Waals surface area (Å²) in [6.45, 7) is 6.09. The standard InChI is InChI=1S/C13H27N3O/c1-13(2,12(14)15)7-4-8-16(9-10-17)11-5-3-6-11/h11,17H,3-10H2,1-2H3,(H3,14,15). The number of hydrogen-bond acceptors (Lipinski definition) is 3. The van der Waals surface area contributed by atoms with E-state index in [0.717, 1.165) is 25.9 Å². The average molecular weight is 241 g/mol. The number of nitrogens with two attached hydrogens (primary N) is 1. The number of rotatable bonds is 8. The summed E-state index contributed by atoms with van der Waals surface area (Å²) >= 11 is 0. The molecule has 0 aromatic rings. The van der Waals surface area contributed by atoms with Crippen LogP contribution in [0.5, 0.6) is 0 Å². The quantitative estimate of drug-likeness (QED) is 0.446. The van der Waals surface area contributed by atoms with Gasteiger partial charge in [0.25, 0.3) is 0 Å². The zero-order valence-corrected chi connectivity index (χ0v) is 11.2. The fourth-order valence-electron chi connectivity index (χ4n) is 2.22. The SMILES string of the molecule is CC(C)(CCCN(CCO)C1CCC1)C(=N)N. The van der Waals surface area contributed by atoms with Crippen LogP contribution in [0.25, 0.3) is 0 Å². The van der Waals surface area contributed by atoms with E-state index in [1.807, 2.05) is 13.8 Å². The normalized spacial score (nSPS) is 17.2. The molecule has 17 heavy (non-hydrogen) atoms. The molecule has 4 heteroatoms. The molecule has 0 atom stereocenters. The molecule has 1 saturated carbocycles. The molecular weight excluding hydrogens is 214 g/mol. The Labute approximate surface area is 105 Å². The molecule has 0 radical (unpaired) electrons. The van der Waals surface area contributed by atoms with Gasteiger partial charge in [0.15, 0.2) is 0 Å². The molecule has 0 saturated heterocycles. The minimum atomic E-state index is -0.190. The van der Waals surface area contributed by atoms with E-state index < -0.39 is 0 Å². The number of nitrogens with one attached hydrogen (secondary N) is 1. The third-order valence-electron chi connectivity index (χ3n) is 3.95. The van der Waals surface area contributed by atoms with Crippen LogP contribution in [-0.2, 0) is 0 Å². The van der Waals surface area contributed by atoms with Gasteiger partial charge in [-0.25, -0.2) is 0 Å². The Hall–Kier alpha value is -0.610. The smallest absolute Gasteiger partial charge is 0.0963 e. The highest BCUT2D eigenvalue weighted by Gasteiger charge is 2.26. The maximum Gasteiger partial charge on any atom is 0.0963 e. The molecule has 0 bridgehead atoms. The third kappa shape index (κ3) is 4.28. The molecular formula is C13H27N3O. The Balaban J connectivity index is 2.29. The first-order chi connectivity index (χ1) is 7.97. The topological polar surface area (TPSA) is 73.3 Å². The Morgan fingerprint density at radius 2 is 2.06 bits per heavy atom. The van der Waals surface area contributed by atoms with Gasteiger partial charge in [-0.1, -0.05) is 20.3 Å². The summed E-state index contributed by atoms with van der Waals surface area (Å²) in [6, 6.07) is 0.683. The lowest BCUT2D eigenvalue weighted by Crippen LogP contribution is -2.42. The fraction of sp³-hybridized carbons (Fsp3) is 0.923. The third-order valence-corrected chi connectivity index (χ3v) is 3.95. The number of aliphatic hydroxyl groups excluding tert-OH is 1. The van der Waals surface area contributed by atoms with Gasteiger partial charge in [-0.15, -0.1) is 0 Å². The van der Waals surface area contributed by atoms with Gasteiger partial charge in [0.1, 0.15) is 0 Å². The summed E-state index contributed by atoms with van der Waals surface area (Å²) in [5.74, 6) is 0.273. The number of aliphatic hydroxyl groups is 1. The molecule has 1 aliphatic rings. The van der Waals surface area contributed by atoms with Crippen LogP contribution in [-0.4, -0.2) is 41.6 Å². The van der Waals surface area contributed by atoms with Gasteiger partial charge < -0.3 is 10.8 Å². The molecule has 1 rings (SSSR count). The Bertz CT molecular complexity index is 249. The van der Waals surface area contributed by atoms with E-state index in [1.165, 1.54) is 19.3 Å². The fourth-order valence-corrected chi connectivity index (χ4v) is 2.22. The number of nitrogens with zero attached hydrogens (tertiary/aromatic N) is 1. The van der Waals surface area contributed by atoms with E-state index in [-0.39, 0.29) is 17.9 Å². The lowest BCUT2D eigenvalue weighted by Gasteiger charge is -2.37. The van der Waals surface area contributed by atoms with Crippen LogP contribution >= 0.6 is 0 Å². The van der Waals surface area contributed by atoms with Crippen LogP contribution in [0, 0.1) is 10.8 Å². The molecule has 100 valence electrons. The van der Waals surface area contributed by atoms with Crippen LogP contribution in [0.2, 0.25) is 0 Å². The van der Waals surface area contributed by atoms with Gasteiger partial charge in [0.2, 0.25) is 0 Å². The van der Waals surface area contributed by atoms with Gasteiger partial charge in [-0.05, 0) is 32.2 Å². The van der Waals surface area contributed by atoms with Crippen molar-refractivity contribution < 1.29 is 5.11 Å². The van der Waals surface area contributed by atoms with Crippen molar-refractivity contribution in [3.05, 3.63) is 0 Å². The van der Waals surface area contributed by atoms with Crippen molar-refractivity contribution in [1.82, 2.24) is 4.90 Å². The average Bonchev–Trinajstić information content (AvgIpc) is 2.14. The van der Waals surface area contributed by atoms with Crippen molar-refractivity contribution >= 4 is 5.84 Å². The van der Waals surface area contributed by atoms with E-state index in [4.69, 9.17) is 16.2 Å². The van der Waals surface area contributed by atoms with Gasteiger partial charge >= 0.3 is 0 Å². The van der Waals surface area contributed by atoms with Crippen LogP contribution in [0.4, 0.5) is 0 Å². The maximum absolute atomic E-state index is 9.06. The summed E-state index contributed by atoms with van der Waals surface area (Å²) < 4.78 is 0. The molecule has 0 aromatic carbocycles. The molecule has 1 aliphatic carbocycles. The van der Waals surface area contributed by atoms with E-state index in [2.05, 4.69) is 4.90 Å². The lowest BCUT2D eigenvalue weighted by molar-refractivity contribution is 0.0977. The summed E-state index contributed by atoms with van der Waals surface area (Å²) in [6.07, 6.45) is 5.86. The van der Waals surface area contributed by atoms with Gasteiger partial charge in [0, 0.05) is 18.0 Å². The molecule has 0 spiro atoms. The van der Waals surface area contributed by atoms with Crippen molar-refractivity contribution in [3.8, 4) is 0 Å². The monoisotopic (exact) mass is 241 g/mol. The first-order valence-electron chi connectivity index (χ1n) is 6.67. The van der Waals surface area contributed by atoms with E-state index in [9.17, 15) is 0 Å². The van der Waals surface area contributed by atoms with Crippen molar-refractivity contribution in [2.75, 3.05) is 19.7 Å². The van der Waals surface area contributed by atoms with Crippen LogP contribution in [0.15, 0.2) is 0 Å². The van der Waals surface area contributed by atoms with Crippen LogP contribution < -0.4 is 5.73 Å². The highest BCUT2D eigenvalue weighted by atomic mass is 16.3. The highest BCUT2D eigenvalue weighted by Crippen LogP contribution is 2.26. The molecule has 0 amide bonds. The molecule has 4 N–H and O–H groups in total. The molecule has 1 fully saturated rings. The van der Waals surface area contributed by atoms with Gasteiger partial charge in [-0.2, -0.15) is 0 Å². The molecule has 0 unspecified atom stereocenters. The van der Waals surface area contributed by atoms with Crippen molar-refractivity contribution in [3.63, 3.8) is 0 Å². The molecule has 0 aromatic heterocycles. The minimum absolute atomic E-state index is 0.190. The first-order valence-corrected chi connectivity index (χ1v) is 6.67. The second-order valence-electron chi connectivity index (χ2n) is 5.75. The Morgan fingerprint density at radius 3 is 2.47 bits per heavy atom. The van der Waals surface area contributed by atoms with Gasteiger partial charge in [-0.3, -0.25) is 10.3 Å². The molecule has 0 aliphatic heterocycles. The number of amidine groups is 1. The first kappa shape index (κ1) is 14.5. The largest absolute Gasteiger partial charge is 0.395 e. The summed E-state index contributed by atoms with van der Waals surface area (Å²) in [5.41, 5.74) is 5.38. The Kier molecular flexibility index (Phi) is 5.40. The Morgan fingerprint density at radius 1 is 1.41 bits per heavy atom. The second kappa shape index (κ2) is 6.36. The highest BCUT2D eigenvalue weighted by molar-refractivity contribution is 5.82. The van der Waals surface area contributed by atoms with Crippen molar-refractivity contribution in [1.29, 1.82) is 5.41 Å². The lowest BCUT2D eigenvalue weighted by atomic mass is 9.86. The van der Waals surface area contributed by atoms with Crippen molar-refractivity contribution in [2.45, 2.75) is 52.0 Å². The maximum atomic E-state index is 9.06. The van der Waals surface area contributed by atoms with E-state index >= 15 is 0 Å². The van der Waals surface area contributed by atoms with E-state index in [0.29, 0.717) is 6.04 Å². The van der Waals surface area contributed by atoms with E-state index in [1.54, 1.807) is 0 Å². The van der Waals surface area contributed by atoms with Crippen LogP contribution in [0.1, 0.15) is 46.0 Å². The summed E-state index contributed by atoms with van der Waals surface area (Å²) in [4.78, 5) is 2.39. The van der Waals surface area contributed by atoms with Crippen molar-refractivity contribution in [2.24, 2.45) is 11.1 Å². The molecule has 4 nitrogen and oxygen atoms in total. The zero-order valence-electron chi connectivity index (χ0n) is 11.2.